The number of hydrogen-bond donors (Lipinski definition) is 0. The minimum Gasteiger partial charge on any atom is -0.339 e. The minimum absolute atomic E-state index is 0.170. The van der Waals surface area contributed by atoms with Crippen LogP contribution in [0.25, 0.3) is 5.69 Å². The van der Waals surface area contributed by atoms with Crippen LogP contribution in [0.2, 0.25) is 0 Å². The van der Waals surface area contributed by atoms with Crippen LogP contribution in [0.5, 0.6) is 0 Å². The molecule has 0 saturated carbocycles. The van der Waals surface area contributed by atoms with Gasteiger partial charge in [0.2, 0.25) is 11.1 Å². The van der Waals surface area contributed by atoms with Crippen LogP contribution in [-0.2, 0) is 4.79 Å². The third-order valence-electron chi connectivity index (χ3n) is 4.54. The van der Waals surface area contributed by atoms with Gasteiger partial charge in [-0.25, -0.2) is 0 Å². The summed E-state index contributed by atoms with van der Waals surface area (Å²) < 4.78 is 1.74. The third kappa shape index (κ3) is 3.45. The monoisotopic (exact) mass is 345 g/mol. The Bertz CT molecular complexity index is 709. The van der Waals surface area contributed by atoms with E-state index >= 15 is 0 Å². The predicted molar refractivity (Wildman–Crippen MR) is 94.4 cm³/mol. The lowest BCUT2D eigenvalue weighted by Gasteiger charge is -2.33. The molecule has 1 aromatic heterocycles. The third-order valence-corrected chi connectivity index (χ3v) is 5.44. The van der Waals surface area contributed by atoms with Gasteiger partial charge in [-0.3, -0.25) is 4.79 Å². The maximum atomic E-state index is 12.5. The number of carbonyl (C=O) groups is 1. The number of benzene rings is 1. The highest BCUT2D eigenvalue weighted by Crippen LogP contribution is 2.24. The molecular formula is C17H23N5OS. The van der Waals surface area contributed by atoms with Crippen LogP contribution in [0.3, 0.4) is 0 Å². The Hall–Kier alpha value is -1.89. The molecule has 6 nitrogen and oxygen atoms in total. The molecule has 0 spiro atoms. The molecule has 128 valence electrons. The van der Waals surface area contributed by atoms with Crippen molar-refractivity contribution >= 4 is 17.7 Å². The van der Waals surface area contributed by atoms with Crippen molar-refractivity contribution < 1.29 is 4.79 Å². The average molecular weight is 345 g/mol. The summed E-state index contributed by atoms with van der Waals surface area (Å²) in [6.07, 6.45) is 3.40. The van der Waals surface area contributed by atoms with Crippen LogP contribution in [0.1, 0.15) is 37.3 Å². The minimum atomic E-state index is 0.170. The zero-order valence-corrected chi connectivity index (χ0v) is 15.2. The average Bonchev–Trinajstić information content (AvgIpc) is 3.01. The molecule has 1 fully saturated rings. The van der Waals surface area contributed by atoms with Crippen molar-refractivity contribution in [2.75, 3.05) is 12.3 Å². The number of hydrogen-bond acceptors (Lipinski definition) is 5. The summed E-state index contributed by atoms with van der Waals surface area (Å²) in [5.41, 5.74) is 3.21. The number of amides is 1. The number of tetrazole rings is 1. The first-order valence-electron chi connectivity index (χ1n) is 8.35. The molecule has 1 amide bonds. The fourth-order valence-corrected chi connectivity index (χ4v) is 3.99. The summed E-state index contributed by atoms with van der Waals surface area (Å²) >= 11 is 1.41. The van der Waals surface area contributed by atoms with E-state index in [0.29, 0.717) is 17.0 Å². The van der Waals surface area contributed by atoms with Gasteiger partial charge in [-0.1, -0.05) is 30.0 Å². The predicted octanol–water partition coefficient (Wildman–Crippen LogP) is 2.77. The number of carbonyl (C=O) groups excluding carboxylic acids is 1. The van der Waals surface area contributed by atoms with Crippen molar-refractivity contribution in [1.29, 1.82) is 0 Å². The van der Waals surface area contributed by atoms with E-state index in [1.54, 1.807) is 4.68 Å². The molecule has 1 atom stereocenters. The largest absolute Gasteiger partial charge is 0.339 e. The number of thioether (sulfide) groups is 1. The first-order valence-corrected chi connectivity index (χ1v) is 9.33. The van der Waals surface area contributed by atoms with Gasteiger partial charge in [-0.05, 0) is 61.6 Å². The fourth-order valence-electron chi connectivity index (χ4n) is 3.23. The van der Waals surface area contributed by atoms with Gasteiger partial charge in [0.1, 0.15) is 0 Å². The molecular weight excluding hydrogens is 322 g/mol. The van der Waals surface area contributed by atoms with Gasteiger partial charge in [-0.15, -0.1) is 5.10 Å². The van der Waals surface area contributed by atoms with Gasteiger partial charge in [0.15, 0.2) is 0 Å². The lowest BCUT2D eigenvalue weighted by molar-refractivity contribution is -0.131. The van der Waals surface area contributed by atoms with Crippen molar-refractivity contribution in [1.82, 2.24) is 25.1 Å². The lowest BCUT2D eigenvalue weighted by Crippen LogP contribution is -2.43. The Morgan fingerprint density at radius 3 is 2.75 bits per heavy atom. The summed E-state index contributed by atoms with van der Waals surface area (Å²) in [4.78, 5) is 14.5. The van der Waals surface area contributed by atoms with E-state index < -0.39 is 0 Å². The number of piperidine rings is 1. The number of aryl methyl sites for hydroxylation is 2. The summed E-state index contributed by atoms with van der Waals surface area (Å²) in [6.45, 7) is 7.07. The van der Waals surface area contributed by atoms with Crippen molar-refractivity contribution in [3.8, 4) is 5.69 Å². The van der Waals surface area contributed by atoms with E-state index in [1.165, 1.54) is 18.2 Å². The Balaban J connectivity index is 1.73. The molecule has 1 aromatic carbocycles. The quantitative estimate of drug-likeness (QED) is 0.797. The van der Waals surface area contributed by atoms with Crippen LogP contribution in [0.4, 0.5) is 0 Å². The number of aromatic nitrogens is 4. The van der Waals surface area contributed by atoms with Crippen molar-refractivity contribution in [2.45, 2.75) is 51.2 Å². The zero-order valence-electron chi connectivity index (χ0n) is 14.4. The highest BCUT2D eigenvalue weighted by atomic mass is 32.2. The van der Waals surface area contributed by atoms with E-state index in [1.807, 2.05) is 36.9 Å². The van der Waals surface area contributed by atoms with Gasteiger partial charge in [0.25, 0.3) is 0 Å². The Morgan fingerprint density at radius 2 is 2.04 bits per heavy atom. The molecule has 2 aromatic rings. The van der Waals surface area contributed by atoms with Crippen LogP contribution in [0.15, 0.2) is 23.4 Å². The van der Waals surface area contributed by atoms with E-state index in [0.717, 1.165) is 36.2 Å². The standard InChI is InChI=1S/C17H23N5OS/c1-12-7-6-8-13(2)16(12)22-17(18-19-20-22)24-11-15(23)21-10-5-4-9-14(21)3/h6-8,14H,4-5,9-11H2,1-3H3/t14-/m1/s1. The van der Waals surface area contributed by atoms with Crippen molar-refractivity contribution in [3.05, 3.63) is 29.3 Å². The number of likely N-dealkylation sites (tertiary alicyclic amines) is 1. The highest BCUT2D eigenvalue weighted by Gasteiger charge is 2.24. The van der Waals surface area contributed by atoms with Crippen molar-refractivity contribution in [2.24, 2.45) is 0 Å². The topological polar surface area (TPSA) is 63.9 Å². The van der Waals surface area contributed by atoms with Gasteiger partial charge < -0.3 is 4.90 Å². The van der Waals surface area contributed by atoms with E-state index in [2.05, 4.69) is 22.4 Å². The van der Waals surface area contributed by atoms with Gasteiger partial charge in [0, 0.05) is 12.6 Å². The maximum absolute atomic E-state index is 12.5. The highest BCUT2D eigenvalue weighted by molar-refractivity contribution is 7.99. The number of rotatable bonds is 4. The van der Waals surface area contributed by atoms with Crippen LogP contribution < -0.4 is 0 Å². The molecule has 0 bridgehead atoms. The molecule has 7 heteroatoms. The summed E-state index contributed by atoms with van der Waals surface area (Å²) in [7, 11) is 0. The van der Waals surface area contributed by atoms with E-state index in [4.69, 9.17) is 0 Å². The molecule has 0 aliphatic carbocycles. The molecule has 0 radical (unpaired) electrons. The lowest BCUT2D eigenvalue weighted by atomic mass is 10.0. The molecule has 3 rings (SSSR count). The summed E-state index contributed by atoms with van der Waals surface area (Å²) in [5.74, 6) is 0.540. The zero-order chi connectivity index (χ0) is 17.1. The van der Waals surface area contributed by atoms with Crippen molar-refractivity contribution in [3.63, 3.8) is 0 Å². The van der Waals surface area contributed by atoms with E-state index in [-0.39, 0.29) is 5.91 Å². The maximum Gasteiger partial charge on any atom is 0.233 e. The smallest absolute Gasteiger partial charge is 0.233 e. The fraction of sp³-hybridized carbons (Fsp3) is 0.529. The Morgan fingerprint density at radius 1 is 1.29 bits per heavy atom. The second-order valence-corrected chi connectivity index (χ2v) is 7.28. The molecule has 1 aliphatic heterocycles. The molecule has 2 heterocycles. The summed E-state index contributed by atoms with van der Waals surface area (Å²) in [6, 6.07) is 6.44. The summed E-state index contributed by atoms with van der Waals surface area (Å²) in [5, 5.41) is 12.7. The van der Waals surface area contributed by atoms with Crippen LogP contribution in [-0.4, -0.2) is 49.4 Å². The Labute approximate surface area is 146 Å². The van der Waals surface area contributed by atoms with Gasteiger partial charge in [0.05, 0.1) is 11.4 Å². The van der Waals surface area contributed by atoms with E-state index in [9.17, 15) is 4.79 Å². The number of para-hydroxylation sites is 1. The Kier molecular flexibility index (Phi) is 5.18. The first-order chi connectivity index (χ1) is 11.6. The molecule has 0 unspecified atom stereocenters. The normalized spacial score (nSPS) is 18.0. The number of nitrogens with zero attached hydrogens (tertiary/aromatic N) is 5. The second kappa shape index (κ2) is 7.34. The molecule has 0 N–H and O–H groups in total. The van der Waals surface area contributed by atoms with Gasteiger partial charge in [-0.2, -0.15) is 4.68 Å². The van der Waals surface area contributed by atoms with Gasteiger partial charge >= 0.3 is 0 Å². The first kappa shape index (κ1) is 17.0. The molecule has 24 heavy (non-hydrogen) atoms. The molecule has 1 saturated heterocycles. The van der Waals surface area contributed by atoms with Crippen LogP contribution >= 0.6 is 11.8 Å². The van der Waals surface area contributed by atoms with Crippen LogP contribution in [0, 0.1) is 13.8 Å². The molecule has 1 aliphatic rings. The SMILES string of the molecule is Cc1cccc(C)c1-n1nnnc1SCC(=O)N1CCCC[C@H]1C. The second-order valence-electron chi connectivity index (χ2n) is 6.33.